The Hall–Kier alpha value is -2.69. The highest BCUT2D eigenvalue weighted by atomic mass is 16.5. The second-order valence-electron chi connectivity index (χ2n) is 7.29. The molecule has 0 fully saturated rings. The molecule has 1 amide bonds. The van der Waals surface area contributed by atoms with Crippen LogP contribution in [0.4, 0.5) is 5.69 Å². The molecule has 0 bridgehead atoms. The van der Waals surface area contributed by atoms with Gasteiger partial charge in [0.2, 0.25) is 0 Å². The minimum Gasteiger partial charge on any atom is -0.493 e. The SMILES string of the molecule is COc1cc(CNc2ccc(C)cc2)ccc1OCC(=O)NC(C)(C)C. The third kappa shape index (κ3) is 6.31. The van der Waals surface area contributed by atoms with E-state index in [1.165, 1.54) is 5.56 Å². The zero-order valence-corrected chi connectivity index (χ0v) is 16.2. The molecular weight excluding hydrogens is 328 g/mol. The summed E-state index contributed by atoms with van der Waals surface area (Å²) in [6.45, 7) is 8.48. The lowest BCUT2D eigenvalue weighted by Gasteiger charge is -2.20. The normalized spacial score (nSPS) is 11.0. The van der Waals surface area contributed by atoms with Crippen LogP contribution in [0, 0.1) is 6.92 Å². The van der Waals surface area contributed by atoms with Crippen molar-refractivity contribution in [1.29, 1.82) is 0 Å². The first-order chi connectivity index (χ1) is 12.3. The number of hydrogen-bond acceptors (Lipinski definition) is 4. The predicted molar refractivity (Wildman–Crippen MR) is 105 cm³/mol. The van der Waals surface area contributed by atoms with Crippen molar-refractivity contribution in [2.75, 3.05) is 19.0 Å². The van der Waals surface area contributed by atoms with Gasteiger partial charge in [-0.15, -0.1) is 0 Å². The molecule has 0 aliphatic rings. The van der Waals surface area contributed by atoms with Crippen LogP contribution in [0.5, 0.6) is 11.5 Å². The highest BCUT2D eigenvalue weighted by Gasteiger charge is 2.15. The number of ether oxygens (including phenoxy) is 2. The fraction of sp³-hybridized carbons (Fsp3) is 0.381. The number of aryl methyl sites for hydroxylation is 1. The molecule has 0 aliphatic heterocycles. The summed E-state index contributed by atoms with van der Waals surface area (Å²) in [5, 5.41) is 6.24. The fourth-order valence-corrected chi connectivity index (χ4v) is 2.41. The average Bonchev–Trinajstić information content (AvgIpc) is 2.58. The standard InChI is InChI=1S/C21H28N2O3/c1-15-6-9-17(10-7-15)22-13-16-8-11-18(19(12-16)25-5)26-14-20(24)23-21(2,3)4/h6-12,22H,13-14H2,1-5H3,(H,23,24). The third-order valence-corrected chi connectivity index (χ3v) is 3.65. The van der Waals surface area contributed by atoms with Gasteiger partial charge in [0, 0.05) is 17.8 Å². The summed E-state index contributed by atoms with van der Waals surface area (Å²) < 4.78 is 11.0. The Morgan fingerprint density at radius 2 is 1.73 bits per heavy atom. The first-order valence-corrected chi connectivity index (χ1v) is 8.68. The highest BCUT2D eigenvalue weighted by molar-refractivity contribution is 5.78. The van der Waals surface area contributed by atoms with Gasteiger partial charge >= 0.3 is 0 Å². The van der Waals surface area contributed by atoms with E-state index in [1.807, 2.05) is 39.0 Å². The Kier molecular flexibility index (Phi) is 6.50. The van der Waals surface area contributed by atoms with Crippen LogP contribution < -0.4 is 20.1 Å². The molecule has 0 saturated carbocycles. The lowest BCUT2D eigenvalue weighted by molar-refractivity contribution is -0.124. The molecule has 2 N–H and O–H groups in total. The molecule has 2 aromatic rings. The maximum absolute atomic E-state index is 11.9. The van der Waals surface area contributed by atoms with Crippen molar-refractivity contribution >= 4 is 11.6 Å². The van der Waals surface area contributed by atoms with Gasteiger partial charge in [0.1, 0.15) is 0 Å². The molecule has 0 aliphatic carbocycles. The van der Waals surface area contributed by atoms with Gasteiger partial charge in [0.25, 0.3) is 5.91 Å². The van der Waals surface area contributed by atoms with Gasteiger partial charge in [-0.3, -0.25) is 4.79 Å². The zero-order chi connectivity index (χ0) is 19.2. The number of carbonyl (C=O) groups is 1. The van der Waals surface area contributed by atoms with Crippen molar-refractivity contribution in [1.82, 2.24) is 5.32 Å². The van der Waals surface area contributed by atoms with Crippen molar-refractivity contribution in [2.45, 2.75) is 39.8 Å². The quantitative estimate of drug-likeness (QED) is 0.790. The first-order valence-electron chi connectivity index (χ1n) is 8.68. The summed E-state index contributed by atoms with van der Waals surface area (Å²) in [5.74, 6) is 0.997. The fourth-order valence-electron chi connectivity index (χ4n) is 2.41. The van der Waals surface area contributed by atoms with E-state index in [-0.39, 0.29) is 18.1 Å². The topological polar surface area (TPSA) is 59.6 Å². The van der Waals surface area contributed by atoms with E-state index in [9.17, 15) is 4.79 Å². The molecule has 0 radical (unpaired) electrons. The monoisotopic (exact) mass is 356 g/mol. The molecule has 2 aromatic carbocycles. The molecule has 0 heterocycles. The van der Waals surface area contributed by atoms with Crippen LogP contribution in [0.1, 0.15) is 31.9 Å². The molecule has 0 saturated heterocycles. The lowest BCUT2D eigenvalue weighted by atomic mass is 10.1. The van der Waals surface area contributed by atoms with E-state index < -0.39 is 0 Å². The van der Waals surface area contributed by atoms with Gasteiger partial charge in [-0.05, 0) is 57.5 Å². The van der Waals surface area contributed by atoms with E-state index in [2.05, 4.69) is 41.8 Å². The van der Waals surface area contributed by atoms with Crippen LogP contribution in [-0.4, -0.2) is 25.2 Å². The van der Waals surface area contributed by atoms with E-state index in [4.69, 9.17) is 9.47 Å². The molecule has 0 unspecified atom stereocenters. The lowest BCUT2D eigenvalue weighted by Crippen LogP contribution is -2.43. The van der Waals surface area contributed by atoms with Crippen LogP contribution in [0.15, 0.2) is 42.5 Å². The Labute approximate surface area is 155 Å². The van der Waals surface area contributed by atoms with Crippen molar-refractivity contribution in [3.05, 3.63) is 53.6 Å². The Morgan fingerprint density at radius 1 is 1.04 bits per heavy atom. The number of methoxy groups -OCH3 is 1. The maximum Gasteiger partial charge on any atom is 0.258 e. The van der Waals surface area contributed by atoms with E-state index in [0.29, 0.717) is 18.0 Å². The van der Waals surface area contributed by atoms with Gasteiger partial charge in [0.05, 0.1) is 7.11 Å². The number of anilines is 1. The molecule has 5 nitrogen and oxygen atoms in total. The largest absolute Gasteiger partial charge is 0.493 e. The van der Waals surface area contributed by atoms with E-state index in [0.717, 1.165) is 11.3 Å². The van der Waals surface area contributed by atoms with Gasteiger partial charge in [0.15, 0.2) is 18.1 Å². The van der Waals surface area contributed by atoms with Gasteiger partial charge < -0.3 is 20.1 Å². The Balaban J connectivity index is 1.95. The summed E-state index contributed by atoms with van der Waals surface area (Å²) in [6, 6.07) is 14.0. The van der Waals surface area contributed by atoms with Gasteiger partial charge in [-0.25, -0.2) is 0 Å². The van der Waals surface area contributed by atoms with E-state index in [1.54, 1.807) is 7.11 Å². The van der Waals surface area contributed by atoms with Crippen molar-refractivity contribution < 1.29 is 14.3 Å². The molecule has 0 aromatic heterocycles. The summed E-state index contributed by atoms with van der Waals surface area (Å²) in [4.78, 5) is 11.9. The summed E-state index contributed by atoms with van der Waals surface area (Å²) >= 11 is 0. The molecule has 5 heteroatoms. The van der Waals surface area contributed by atoms with Crippen molar-refractivity contribution in [2.24, 2.45) is 0 Å². The number of amides is 1. The van der Waals surface area contributed by atoms with Crippen molar-refractivity contribution in [3.8, 4) is 11.5 Å². The predicted octanol–water partition coefficient (Wildman–Crippen LogP) is 3.91. The van der Waals surface area contributed by atoms with Gasteiger partial charge in [-0.1, -0.05) is 23.8 Å². The molecule has 26 heavy (non-hydrogen) atoms. The molecule has 0 spiro atoms. The Bertz CT molecular complexity index is 734. The number of hydrogen-bond donors (Lipinski definition) is 2. The molecule has 0 atom stereocenters. The second kappa shape index (κ2) is 8.61. The summed E-state index contributed by atoms with van der Waals surface area (Å²) in [5.41, 5.74) is 3.08. The average molecular weight is 356 g/mol. The van der Waals surface area contributed by atoms with E-state index >= 15 is 0 Å². The number of benzene rings is 2. The maximum atomic E-state index is 11.9. The summed E-state index contributed by atoms with van der Waals surface area (Å²) in [6.07, 6.45) is 0. The second-order valence-corrected chi connectivity index (χ2v) is 7.29. The smallest absolute Gasteiger partial charge is 0.258 e. The number of rotatable bonds is 7. The Morgan fingerprint density at radius 3 is 2.35 bits per heavy atom. The minimum atomic E-state index is -0.282. The summed E-state index contributed by atoms with van der Waals surface area (Å²) in [7, 11) is 1.59. The zero-order valence-electron chi connectivity index (χ0n) is 16.2. The van der Waals surface area contributed by atoms with Crippen molar-refractivity contribution in [3.63, 3.8) is 0 Å². The van der Waals surface area contributed by atoms with Crippen LogP contribution in [0.2, 0.25) is 0 Å². The minimum absolute atomic E-state index is 0.0470. The molecule has 2 rings (SSSR count). The third-order valence-electron chi connectivity index (χ3n) is 3.65. The van der Waals surface area contributed by atoms with Gasteiger partial charge in [-0.2, -0.15) is 0 Å². The van der Waals surface area contributed by atoms with Crippen LogP contribution in [0.3, 0.4) is 0 Å². The van der Waals surface area contributed by atoms with Crippen LogP contribution in [0.25, 0.3) is 0 Å². The number of nitrogens with one attached hydrogen (secondary N) is 2. The first kappa shape index (κ1) is 19.6. The highest BCUT2D eigenvalue weighted by Crippen LogP contribution is 2.28. The van der Waals surface area contributed by atoms with Crippen LogP contribution in [-0.2, 0) is 11.3 Å². The van der Waals surface area contributed by atoms with Crippen LogP contribution >= 0.6 is 0 Å². The molecular formula is C21H28N2O3. The molecule has 140 valence electrons. The number of carbonyl (C=O) groups excluding carboxylic acids is 1.